The molecule has 2 heteroatoms. The van der Waals surface area contributed by atoms with Crippen LogP contribution >= 0.6 is 0 Å². The van der Waals surface area contributed by atoms with Crippen molar-refractivity contribution in [3.05, 3.63) is 35.2 Å². The van der Waals surface area contributed by atoms with E-state index >= 15 is 0 Å². The lowest BCUT2D eigenvalue weighted by Crippen LogP contribution is -2.02. The predicted octanol–water partition coefficient (Wildman–Crippen LogP) is 2.83. The van der Waals surface area contributed by atoms with E-state index in [4.69, 9.17) is 0 Å². The summed E-state index contributed by atoms with van der Waals surface area (Å²) in [6, 6.07) is 4.11. The van der Waals surface area contributed by atoms with Crippen LogP contribution < -0.4 is 0 Å². The van der Waals surface area contributed by atoms with Gasteiger partial charge in [-0.25, -0.2) is 0 Å². The smallest absolute Gasteiger partial charge is 0.155 e. The molecule has 0 aromatic carbocycles. The monoisotopic (exact) mass is 201 g/mol. The van der Waals surface area contributed by atoms with Crippen LogP contribution in [0.3, 0.4) is 0 Å². The third kappa shape index (κ3) is 2.32. The first-order chi connectivity index (χ1) is 7.15. The molecule has 78 valence electrons. The Kier molecular flexibility index (Phi) is 2.67. The number of nitrogens with zero attached hydrogens (tertiary/aromatic N) is 1. The summed E-state index contributed by atoms with van der Waals surface area (Å²) >= 11 is 0. The van der Waals surface area contributed by atoms with Gasteiger partial charge in [-0.05, 0) is 56.0 Å². The van der Waals surface area contributed by atoms with Gasteiger partial charge in [0.15, 0.2) is 5.78 Å². The van der Waals surface area contributed by atoms with E-state index < -0.39 is 0 Å². The van der Waals surface area contributed by atoms with Crippen LogP contribution in [0, 0.1) is 13.8 Å². The average molecular weight is 201 g/mol. The molecule has 0 saturated heterocycles. The highest BCUT2D eigenvalue weighted by molar-refractivity contribution is 5.98. The molecule has 2 rings (SSSR count). The normalized spacial score (nSPS) is 16.4. The van der Waals surface area contributed by atoms with Crippen molar-refractivity contribution in [2.75, 3.05) is 0 Å². The number of hydrogen-bond acceptors (Lipinski definition) is 2. The van der Waals surface area contributed by atoms with Gasteiger partial charge >= 0.3 is 0 Å². The highest BCUT2D eigenvalue weighted by Gasteiger charge is 2.12. The number of allylic oxidation sites excluding steroid dienone is 2. The van der Waals surface area contributed by atoms with Crippen LogP contribution in [0.4, 0.5) is 0 Å². The van der Waals surface area contributed by atoms with Crippen molar-refractivity contribution in [1.29, 1.82) is 0 Å². The van der Waals surface area contributed by atoms with Gasteiger partial charge in [-0.15, -0.1) is 0 Å². The zero-order chi connectivity index (χ0) is 10.8. The molecule has 1 aliphatic carbocycles. The molecule has 0 aliphatic heterocycles. The van der Waals surface area contributed by atoms with E-state index in [1.54, 1.807) is 6.08 Å². The fraction of sp³-hybridized carbons (Fsp3) is 0.385. The third-order valence-corrected chi connectivity index (χ3v) is 2.66. The standard InChI is InChI=1S/C13H15NO/c1-9-6-12(7-10(2)14-9)11-4-3-5-13(15)8-11/h6-8H,3-5H2,1-2H3. The highest BCUT2D eigenvalue weighted by Crippen LogP contribution is 2.25. The van der Waals surface area contributed by atoms with Crippen LogP contribution in [-0.4, -0.2) is 10.8 Å². The molecule has 1 aliphatic rings. The Hall–Kier alpha value is -1.44. The molecule has 0 unspecified atom stereocenters. The number of rotatable bonds is 1. The number of pyridine rings is 1. The van der Waals surface area contributed by atoms with Gasteiger partial charge in [-0.2, -0.15) is 0 Å². The van der Waals surface area contributed by atoms with Crippen molar-refractivity contribution in [2.45, 2.75) is 33.1 Å². The van der Waals surface area contributed by atoms with Crippen molar-refractivity contribution in [3.63, 3.8) is 0 Å². The summed E-state index contributed by atoms with van der Waals surface area (Å²) in [5.41, 5.74) is 4.36. The lowest BCUT2D eigenvalue weighted by Gasteiger charge is -2.13. The van der Waals surface area contributed by atoms with E-state index in [9.17, 15) is 4.79 Å². The van der Waals surface area contributed by atoms with Crippen LogP contribution in [0.1, 0.15) is 36.2 Å². The van der Waals surface area contributed by atoms with Crippen LogP contribution in [0.5, 0.6) is 0 Å². The van der Waals surface area contributed by atoms with Crippen molar-refractivity contribution >= 4 is 11.4 Å². The van der Waals surface area contributed by atoms with E-state index in [2.05, 4.69) is 17.1 Å². The molecular formula is C13H15NO. The first-order valence-electron chi connectivity index (χ1n) is 5.34. The Morgan fingerprint density at radius 2 is 1.80 bits per heavy atom. The van der Waals surface area contributed by atoms with Crippen molar-refractivity contribution in [1.82, 2.24) is 4.98 Å². The molecule has 0 saturated carbocycles. The van der Waals surface area contributed by atoms with Crippen LogP contribution in [0.2, 0.25) is 0 Å². The van der Waals surface area contributed by atoms with Gasteiger partial charge in [0.05, 0.1) is 0 Å². The zero-order valence-electron chi connectivity index (χ0n) is 9.21. The SMILES string of the molecule is Cc1cc(C2=CC(=O)CCC2)cc(C)n1. The Bertz CT molecular complexity index is 412. The Labute approximate surface area is 90.0 Å². The topological polar surface area (TPSA) is 30.0 Å². The fourth-order valence-electron chi connectivity index (χ4n) is 2.04. The van der Waals surface area contributed by atoms with Gasteiger partial charge < -0.3 is 0 Å². The third-order valence-electron chi connectivity index (χ3n) is 2.66. The van der Waals surface area contributed by atoms with E-state index in [1.165, 1.54) is 5.57 Å². The lowest BCUT2D eigenvalue weighted by molar-refractivity contribution is -0.114. The van der Waals surface area contributed by atoms with Crippen LogP contribution in [0.15, 0.2) is 18.2 Å². The molecule has 15 heavy (non-hydrogen) atoms. The minimum Gasteiger partial charge on any atom is -0.295 e. The maximum atomic E-state index is 11.3. The molecule has 0 N–H and O–H groups in total. The van der Waals surface area contributed by atoms with Gasteiger partial charge in [-0.3, -0.25) is 9.78 Å². The average Bonchev–Trinajstić information content (AvgIpc) is 2.16. The van der Waals surface area contributed by atoms with Crippen molar-refractivity contribution in [3.8, 4) is 0 Å². The Morgan fingerprint density at radius 1 is 1.13 bits per heavy atom. The summed E-state index contributed by atoms with van der Waals surface area (Å²) in [4.78, 5) is 15.7. The first-order valence-corrected chi connectivity index (χ1v) is 5.34. The summed E-state index contributed by atoms with van der Waals surface area (Å²) in [5.74, 6) is 0.253. The highest BCUT2D eigenvalue weighted by atomic mass is 16.1. The van der Waals surface area contributed by atoms with E-state index in [0.29, 0.717) is 6.42 Å². The summed E-state index contributed by atoms with van der Waals surface area (Å²) < 4.78 is 0. The second kappa shape index (κ2) is 3.97. The molecular weight excluding hydrogens is 186 g/mol. The molecule has 0 fully saturated rings. The quantitative estimate of drug-likeness (QED) is 0.699. The molecule has 2 nitrogen and oxygen atoms in total. The van der Waals surface area contributed by atoms with Gasteiger partial charge in [0.1, 0.15) is 0 Å². The number of ketones is 1. The molecule has 0 radical (unpaired) electrons. The maximum absolute atomic E-state index is 11.3. The molecule has 0 atom stereocenters. The van der Waals surface area contributed by atoms with E-state index in [1.807, 2.05) is 13.8 Å². The van der Waals surface area contributed by atoms with Gasteiger partial charge in [0.25, 0.3) is 0 Å². The number of aromatic nitrogens is 1. The minimum atomic E-state index is 0.253. The summed E-state index contributed by atoms with van der Waals surface area (Å²) in [7, 11) is 0. The second-order valence-electron chi connectivity index (χ2n) is 4.13. The van der Waals surface area contributed by atoms with Crippen molar-refractivity contribution in [2.24, 2.45) is 0 Å². The molecule has 0 amide bonds. The predicted molar refractivity (Wildman–Crippen MR) is 60.5 cm³/mol. The van der Waals surface area contributed by atoms with Gasteiger partial charge in [0.2, 0.25) is 0 Å². The minimum absolute atomic E-state index is 0.253. The number of carbonyl (C=O) groups is 1. The molecule has 1 aromatic heterocycles. The number of carbonyl (C=O) groups excluding carboxylic acids is 1. The van der Waals surface area contributed by atoms with Crippen LogP contribution in [-0.2, 0) is 4.79 Å². The zero-order valence-corrected chi connectivity index (χ0v) is 9.21. The molecule has 1 aromatic rings. The first kappa shape index (κ1) is 10.1. The number of hydrogen-bond donors (Lipinski definition) is 0. The summed E-state index contributed by atoms with van der Waals surface area (Å²) in [6.45, 7) is 3.98. The number of aryl methyl sites for hydroxylation is 2. The Balaban J connectivity index is 2.40. The molecule has 0 bridgehead atoms. The largest absolute Gasteiger partial charge is 0.295 e. The van der Waals surface area contributed by atoms with Gasteiger partial charge in [-0.1, -0.05) is 0 Å². The molecule has 1 heterocycles. The summed E-state index contributed by atoms with van der Waals surface area (Å²) in [5, 5.41) is 0. The van der Waals surface area contributed by atoms with E-state index in [0.717, 1.165) is 29.8 Å². The Morgan fingerprint density at radius 3 is 2.40 bits per heavy atom. The van der Waals surface area contributed by atoms with Crippen LogP contribution in [0.25, 0.3) is 5.57 Å². The maximum Gasteiger partial charge on any atom is 0.155 e. The van der Waals surface area contributed by atoms with Crippen molar-refractivity contribution < 1.29 is 4.79 Å². The summed E-state index contributed by atoms with van der Waals surface area (Å²) in [6.07, 6.45) is 4.48. The molecule has 0 spiro atoms. The second-order valence-corrected chi connectivity index (χ2v) is 4.13. The fourth-order valence-corrected chi connectivity index (χ4v) is 2.04. The lowest BCUT2D eigenvalue weighted by atomic mass is 9.93. The van der Waals surface area contributed by atoms with Gasteiger partial charge in [0, 0.05) is 17.8 Å². The van der Waals surface area contributed by atoms with E-state index in [-0.39, 0.29) is 5.78 Å².